The van der Waals surface area contributed by atoms with E-state index in [9.17, 15) is 0 Å². The normalized spacial score (nSPS) is 16.8. The Morgan fingerprint density at radius 2 is 2.23 bits per heavy atom. The number of anilines is 1. The smallest absolute Gasteiger partial charge is 0.0779 e. The second-order valence-electron chi connectivity index (χ2n) is 2.98. The molecule has 0 amide bonds. The molecule has 0 aliphatic carbocycles. The molecular formula is C9H9BrClNS. The summed E-state index contributed by atoms with van der Waals surface area (Å²) >= 11 is 11.5. The summed E-state index contributed by atoms with van der Waals surface area (Å²) in [6.45, 7) is 0. The van der Waals surface area contributed by atoms with Gasteiger partial charge in [0.2, 0.25) is 0 Å². The molecule has 4 heteroatoms. The highest BCUT2D eigenvalue weighted by molar-refractivity contribution is 9.10. The minimum absolute atomic E-state index is 0.594. The summed E-state index contributed by atoms with van der Waals surface area (Å²) in [5, 5.41) is 4.18. The molecule has 1 aromatic rings. The summed E-state index contributed by atoms with van der Waals surface area (Å²) in [4.78, 5) is 0. The first-order chi connectivity index (χ1) is 6.27. The Hall–Kier alpha value is 0.140. The average molecular weight is 279 g/mol. The number of hydrogen-bond donors (Lipinski definition) is 1. The minimum Gasteiger partial charge on any atom is -0.379 e. The van der Waals surface area contributed by atoms with Gasteiger partial charge in [-0.2, -0.15) is 11.8 Å². The van der Waals surface area contributed by atoms with Gasteiger partial charge in [0, 0.05) is 22.0 Å². The van der Waals surface area contributed by atoms with Crippen LogP contribution >= 0.6 is 39.3 Å². The van der Waals surface area contributed by atoms with E-state index in [1.807, 2.05) is 30.0 Å². The molecule has 70 valence electrons. The van der Waals surface area contributed by atoms with E-state index in [4.69, 9.17) is 11.6 Å². The van der Waals surface area contributed by atoms with Crippen molar-refractivity contribution >= 4 is 45.0 Å². The number of hydrogen-bond acceptors (Lipinski definition) is 2. The molecule has 0 atom stereocenters. The number of nitrogens with one attached hydrogen (secondary N) is 1. The lowest BCUT2D eigenvalue weighted by Gasteiger charge is -2.27. The van der Waals surface area contributed by atoms with Crippen molar-refractivity contribution in [1.82, 2.24) is 0 Å². The lowest BCUT2D eigenvalue weighted by Crippen LogP contribution is -2.33. The fraction of sp³-hybridized carbons (Fsp3) is 0.333. The van der Waals surface area contributed by atoms with Crippen LogP contribution in [0.4, 0.5) is 5.69 Å². The zero-order chi connectivity index (χ0) is 9.26. The lowest BCUT2D eigenvalue weighted by atomic mass is 10.3. The number of halogens is 2. The van der Waals surface area contributed by atoms with Gasteiger partial charge in [-0.3, -0.25) is 0 Å². The van der Waals surface area contributed by atoms with Crippen molar-refractivity contribution in [2.45, 2.75) is 6.04 Å². The molecule has 0 aromatic heterocycles. The number of benzene rings is 1. The van der Waals surface area contributed by atoms with E-state index in [0.717, 1.165) is 15.2 Å². The van der Waals surface area contributed by atoms with E-state index >= 15 is 0 Å². The van der Waals surface area contributed by atoms with Crippen LogP contribution in [0.3, 0.4) is 0 Å². The average Bonchev–Trinajstić information content (AvgIpc) is 2.04. The summed E-state index contributed by atoms with van der Waals surface area (Å²) < 4.78 is 0.950. The predicted octanol–water partition coefficient (Wildman–Crippen LogP) is 3.63. The van der Waals surface area contributed by atoms with Gasteiger partial charge in [0.15, 0.2) is 0 Å². The van der Waals surface area contributed by atoms with E-state index in [1.165, 1.54) is 11.5 Å². The standard InChI is InChI=1S/C9H9BrClNS/c10-7-2-1-3-8(9(7)11)12-6-4-13-5-6/h1-3,6,12H,4-5H2. The Morgan fingerprint density at radius 1 is 1.46 bits per heavy atom. The molecule has 0 radical (unpaired) electrons. The van der Waals surface area contributed by atoms with Gasteiger partial charge < -0.3 is 5.32 Å². The second-order valence-corrected chi connectivity index (χ2v) is 5.29. The van der Waals surface area contributed by atoms with Crippen LogP contribution in [-0.2, 0) is 0 Å². The summed E-state index contributed by atoms with van der Waals surface area (Å²) in [6.07, 6.45) is 0. The first-order valence-electron chi connectivity index (χ1n) is 4.05. The molecule has 0 saturated carbocycles. The highest BCUT2D eigenvalue weighted by atomic mass is 79.9. The number of thioether (sulfide) groups is 1. The largest absolute Gasteiger partial charge is 0.379 e. The van der Waals surface area contributed by atoms with Crippen LogP contribution in [0.25, 0.3) is 0 Å². The van der Waals surface area contributed by atoms with Crippen LogP contribution in [0.1, 0.15) is 0 Å². The van der Waals surface area contributed by atoms with Crippen LogP contribution in [0, 0.1) is 0 Å². The molecule has 1 aliphatic heterocycles. The fourth-order valence-corrected chi connectivity index (χ4v) is 2.34. The summed E-state index contributed by atoms with van der Waals surface area (Å²) in [5.41, 5.74) is 1.03. The highest BCUT2D eigenvalue weighted by Gasteiger charge is 2.18. The zero-order valence-corrected chi connectivity index (χ0v) is 10.0. The van der Waals surface area contributed by atoms with Crippen molar-refractivity contribution < 1.29 is 0 Å². The van der Waals surface area contributed by atoms with Gasteiger partial charge >= 0.3 is 0 Å². The quantitative estimate of drug-likeness (QED) is 0.886. The molecule has 2 rings (SSSR count). The topological polar surface area (TPSA) is 12.0 Å². The second kappa shape index (κ2) is 4.11. The van der Waals surface area contributed by atoms with E-state index in [-0.39, 0.29) is 0 Å². The molecule has 1 nitrogen and oxygen atoms in total. The highest BCUT2D eigenvalue weighted by Crippen LogP contribution is 2.32. The monoisotopic (exact) mass is 277 g/mol. The third-order valence-corrected chi connectivity index (χ3v) is 4.52. The minimum atomic E-state index is 0.594. The van der Waals surface area contributed by atoms with Crippen LogP contribution in [0.15, 0.2) is 22.7 Å². The van der Waals surface area contributed by atoms with Crippen molar-refractivity contribution in [3.63, 3.8) is 0 Å². The Balaban J connectivity index is 2.14. The van der Waals surface area contributed by atoms with Crippen LogP contribution < -0.4 is 5.32 Å². The maximum absolute atomic E-state index is 6.10. The van der Waals surface area contributed by atoms with Gasteiger partial charge in [-0.05, 0) is 28.1 Å². The summed E-state index contributed by atoms with van der Waals surface area (Å²) in [6, 6.07) is 6.54. The maximum atomic E-state index is 6.10. The van der Waals surface area contributed by atoms with Crippen LogP contribution in [0.2, 0.25) is 5.02 Å². The maximum Gasteiger partial charge on any atom is 0.0779 e. The van der Waals surface area contributed by atoms with Crippen molar-refractivity contribution in [1.29, 1.82) is 0 Å². The Labute approximate surface area is 95.4 Å². The van der Waals surface area contributed by atoms with Crippen molar-refractivity contribution in [3.05, 3.63) is 27.7 Å². The molecule has 1 fully saturated rings. The first kappa shape index (κ1) is 9.69. The zero-order valence-electron chi connectivity index (χ0n) is 6.89. The van der Waals surface area contributed by atoms with Gasteiger partial charge in [0.25, 0.3) is 0 Å². The SMILES string of the molecule is Clc1c(Br)cccc1NC1CSC1. The van der Waals surface area contributed by atoms with Crippen molar-refractivity contribution in [2.24, 2.45) is 0 Å². The van der Waals surface area contributed by atoms with E-state index < -0.39 is 0 Å². The van der Waals surface area contributed by atoms with Crippen LogP contribution in [-0.4, -0.2) is 17.5 Å². The van der Waals surface area contributed by atoms with Gasteiger partial charge in [-0.1, -0.05) is 17.7 Å². The van der Waals surface area contributed by atoms with Crippen molar-refractivity contribution in [2.75, 3.05) is 16.8 Å². The fourth-order valence-electron chi connectivity index (χ4n) is 1.15. The summed E-state index contributed by atoms with van der Waals surface area (Å²) in [7, 11) is 0. The molecule has 1 N–H and O–H groups in total. The Bertz CT molecular complexity index is 314. The van der Waals surface area contributed by atoms with Gasteiger partial charge in [-0.15, -0.1) is 0 Å². The molecule has 0 spiro atoms. The summed E-state index contributed by atoms with van der Waals surface area (Å²) in [5.74, 6) is 2.37. The van der Waals surface area contributed by atoms with E-state index in [2.05, 4.69) is 21.2 Å². The van der Waals surface area contributed by atoms with E-state index in [1.54, 1.807) is 0 Å². The number of rotatable bonds is 2. The molecular weight excluding hydrogens is 270 g/mol. The van der Waals surface area contributed by atoms with Gasteiger partial charge in [0.05, 0.1) is 10.7 Å². The predicted molar refractivity (Wildman–Crippen MR) is 63.9 cm³/mol. The third-order valence-electron chi connectivity index (χ3n) is 1.95. The molecule has 13 heavy (non-hydrogen) atoms. The molecule has 1 heterocycles. The molecule has 1 aromatic carbocycles. The van der Waals surface area contributed by atoms with Gasteiger partial charge in [0.1, 0.15) is 0 Å². The van der Waals surface area contributed by atoms with E-state index in [0.29, 0.717) is 6.04 Å². The third kappa shape index (κ3) is 2.14. The van der Waals surface area contributed by atoms with Crippen molar-refractivity contribution in [3.8, 4) is 0 Å². The Kier molecular flexibility index (Phi) is 3.06. The van der Waals surface area contributed by atoms with Crippen LogP contribution in [0.5, 0.6) is 0 Å². The Morgan fingerprint density at radius 3 is 2.85 bits per heavy atom. The molecule has 1 aliphatic rings. The molecule has 0 bridgehead atoms. The van der Waals surface area contributed by atoms with Gasteiger partial charge in [-0.25, -0.2) is 0 Å². The lowest BCUT2D eigenvalue weighted by molar-refractivity contribution is 0.882. The molecule has 1 saturated heterocycles. The molecule has 0 unspecified atom stereocenters. The first-order valence-corrected chi connectivity index (χ1v) is 6.38.